The van der Waals surface area contributed by atoms with Crippen LogP contribution in [0.2, 0.25) is 0 Å². The largest absolute Gasteiger partial charge is 0.396 e. The first-order chi connectivity index (χ1) is 8.12. The summed E-state index contributed by atoms with van der Waals surface area (Å²) >= 11 is 0. The van der Waals surface area contributed by atoms with E-state index in [0.717, 1.165) is 32.4 Å². The highest BCUT2D eigenvalue weighted by molar-refractivity contribution is 5.97. The zero-order valence-electron chi connectivity index (χ0n) is 10.5. The monoisotopic (exact) mass is 236 g/mol. The van der Waals surface area contributed by atoms with Crippen LogP contribution in [0, 0.1) is 5.41 Å². The number of hydrogen-bond acceptors (Lipinski definition) is 3. The molecule has 1 saturated heterocycles. The molecule has 0 bridgehead atoms. The van der Waals surface area contributed by atoms with Crippen LogP contribution >= 0.6 is 0 Å². The van der Waals surface area contributed by atoms with Crippen LogP contribution in [-0.4, -0.2) is 34.1 Å². The number of amides is 1. The van der Waals surface area contributed by atoms with Gasteiger partial charge < -0.3 is 10.6 Å². The molecule has 17 heavy (non-hydrogen) atoms. The Hall–Kier alpha value is -1.52. The van der Waals surface area contributed by atoms with Crippen molar-refractivity contribution in [1.29, 1.82) is 0 Å². The minimum atomic E-state index is -0.0243. The number of likely N-dealkylation sites (tertiary alicyclic amines) is 1. The van der Waals surface area contributed by atoms with Crippen molar-refractivity contribution >= 4 is 11.6 Å². The summed E-state index contributed by atoms with van der Waals surface area (Å²) in [6, 6.07) is 0. The Bertz CT molecular complexity index is 408. The highest BCUT2D eigenvalue weighted by Gasteiger charge is 2.37. The van der Waals surface area contributed by atoms with Crippen LogP contribution in [0.3, 0.4) is 0 Å². The molecule has 1 aliphatic heterocycles. The average Bonchev–Trinajstić information content (AvgIpc) is 2.95. The average molecular weight is 236 g/mol. The van der Waals surface area contributed by atoms with Crippen molar-refractivity contribution in [3.63, 3.8) is 0 Å². The molecular formula is C12H20N4O. The highest BCUT2D eigenvalue weighted by atomic mass is 16.2. The third kappa shape index (κ3) is 2.01. The second-order valence-electron chi connectivity index (χ2n) is 4.88. The number of carbonyl (C=O) groups excluding carboxylic acids is 1. The Morgan fingerprint density at radius 1 is 1.59 bits per heavy atom. The SMILES string of the molecule is CCC1(CC)CCN(C(=O)c2[nH]ncc2N)C1. The molecule has 5 heteroatoms. The van der Waals surface area contributed by atoms with E-state index in [4.69, 9.17) is 5.73 Å². The van der Waals surface area contributed by atoms with Crippen LogP contribution in [0.25, 0.3) is 0 Å². The Morgan fingerprint density at radius 3 is 2.76 bits per heavy atom. The first kappa shape index (κ1) is 12.0. The molecule has 0 aromatic carbocycles. The van der Waals surface area contributed by atoms with Crippen LogP contribution in [-0.2, 0) is 0 Å². The number of H-pyrrole nitrogens is 1. The predicted molar refractivity (Wildman–Crippen MR) is 66.5 cm³/mol. The molecule has 0 atom stereocenters. The number of anilines is 1. The molecule has 0 radical (unpaired) electrons. The Balaban J connectivity index is 2.11. The maximum atomic E-state index is 12.2. The number of rotatable bonds is 3. The van der Waals surface area contributed by atoms with Crippen molar-refractivity contribution in [2.24, 2.45) is 5.41 Å². The third-order valence-corrected chi connectivity index (χ3v) is 4.11. The van der Waals surface area contributed by atoms with Gasteiger partial charge in [0.2, 0.25) is 0 Å². The third-order valence-electron chi connectivity index (χ3n) is 4.11. The maximum Gasteiger partial charge on any atom is 0.274 e. The van der Waals surface area contributed by atoms with Crippen LogP contribution in [0.5, 0.6) is 0 Å². The van der Waals surface area contributed by atoms with Gasteiger partial charge in [-0.1, -0.05) is 13.8 Å². The molecule has 3 N–H and O–H groups in total. The fourth-order valence-electron chi connectivity index (χ4n) is 2.56. The van der Waals surface area contributed by atoms with Crippen molar-refractivity contribution in [3.05, 3.63) is 11.9 Å². The lowest BCUT2D eigenvalue weighted by atomic mass is 9.82. The van der Waals surface area contributed by atoms with E-state index in [1.165, 1.54) is 6.20 Å². The number of aromatic amines is 1. The molecule has 0 saturated carbocycles. The number of nitrogen functional groups attached to an aromatic ring is 1. The van der Waals surface area contributed by atoms with Gasteiger partial charge in [-0.3, -0.25) is 9.89 Å². The molecule has 1 aliphatic rings. The Morgan fingerprint density at radius 2 is 2.29 bits per heavy atom. The van der Waals surface area contributed by atoms with Gasteiger partial charge in [0.1, 0.15) is 5.69 Å². The number of hydrogen-bond donors (Lipinski definition) is 2. The number of nitrogens with one attached hydrogen (secondary N) is 1. The van der Waals surface area contributed by atoms with E-state index in [9.17, 15) is 4.79 Å². The molecule has 5 nitrogen and oxygen atoms in total. The van der Waals surface area contributed by atoms with E-state index >= 15 is 0 Å². The summed E-state index contributed by atoms with van der Waals surface area (Å²) in [6.45, 7) is 6.04. The molecule has 1 amide bonds. The van der Waals surface area contributed by atoms with Gasteiger partial charge in [-0.05, 0) is 24.7 Å². The Kier molecular flexibility index (Phi) is 3.09. The van der Waals surface area contributed by atoms with Gasteiger partial charge in [-0.25, -0.2) is 0 Å². The van der Waals surface area contributed by atoms with Gasteiger partial charge in [0.15, 0.2) is 0 Å². The van der Waals surface area contributed by atoms with Gasteiger partial charge >= 0.3 is 0 Å². The Labute approximate surface area is 101 Å². The fourth-order valence-corrected chi connectivity index (χ4v) is 2.56. The topological polar surface area (TPSA) is 75.0 Å². The lowest BCUT2D eigenvalue weighted by molar-refractivity contribution is 0.0765. The first-order valence-corrected chi connectivity index (χ1v) is 6.20. The maximum absolute atomic E-state index is 12.2. The summed E-state index contributed by atoms with van der Waals surface area (Å²) in [4.78, 5) is 14.1. The summed E-state index contributed by atoms with van der Waals surface area (Å²) in [6.07, 6.45) is 4.80. The molecule has 2 rings (SSSR count). The second kappa shape index (κ2) is 4.39. The van der Waals surface area contributed by atoms with E-state index < -0.39 is 0 Å². The molecule has 94 valence electrons. The number of nitrogens with zero attached hydrogens (tertiary/aromatic N) is 2. The van der Waals surface area contributed by atoms with E-state index in [1.54, 1.807) is 0 Å². The molecule has 2 heterocycles. The molecule has 1 fully saturated rings. The van der Waals surface area contributed by atoms with Crippen LogP contribution in [0.1, 0.15) is 43.6 Å². The number of carbonyl (C=O) groups is 1. The predicted octanol–water partition coefficient (Wildman–Crippen LogP) is 1.64. The first-order valence-electron chi connectivity index (χ1n) is 6.20. The van der Waals surface area contributed by atoms with Crippen molar-refractivity contribution in [2.45, 2.75) is 33.1 Å². The number of aromatic nitrogens is 2. The van der Waals surface area contributed by atoms with E-state index in [2.05, 4.69) is 24.0 Å². The zero-order chi connectivity index (χ0) is 12.5. The van der Waals surface area contributed by atoms with Crippen molar-refractivity contribution in [2.75, 3.05) is 18.8 Å². The van der Waals surface area contributed by atoms with Gasteiger partial charge in [0.05, 0.1) is 11.9 Å². The summed E-state index contributed by atoms with van der Waals surface area (Å²) in [5, 5.41) is 6.47. The molecule has 0 unspecified atom stereocenters. The van der Waals surface area contributed by atoms with Gasteiger partial charge in [0, 0.05) is 13.1 Å². The standard InChI is InChI=1S/C12H20N4O/c1-3-12(4-2)5-6-16(8-12)11(17)10-9(13)7-14-15-10/h7H,3-6,8,13H2,1-2H3,(H,14,15). The zero-order valence-corrected chi connectivity index (χ0v) is 10.5. The van der Waals surface area contributed by atoms with Crippen LogP contribution in [0.4, 0.5) is 5.69 Å². The van der Waals surface area contributed by atoms with Crippen molar-refractivity contribution in [3.8, 4) is 0 Å². The van der Waals surface area contributed by atoms with E-state index in [0.29, 0.717) is 16.8 Å². The summed E-state index contributed by atoms with van der Waals surface area (Å²) in [7, 11) is 0. The molecule has 1 aromatic rings. The molecule has 1 aromatic heterocycles. The minimum Gasteiger partial charge on any atom is -0.396 e. The molecular weight excluding hydrogens is 216 g/mol. The summed E-state index contributed by atoms with van der Waals surface area (Å²) in [5.74, 6) is -0.0243. The van der Waals surface area contributed by atoms with Crippen molar-refractivity contribution in [1.82, 2.24) is 15.1 Å². The van der Waals surface area contributed by atoms with Gasteiger partial charge in [-0.2, -0.15) is 5.10 Å². The van der Waals surface area contributed by atoms with E-state index in [1.807, 2.05) is 4.90 Å². The normalized spacial score (nSPS) is 18.6. The smallest absolute Gasteiger partial charge is 0.274 e. The molecule has 0 spiro atoms. The van der Waals surface area contributed by atoms with Crippen LogP contribution < -0.4 is 5.73 Å². The minimum absolute atomic E-state index is 0.0243. The lowest BCUT2D eigenvalue weighted by Crippen LogP contribution is -2.32. The summed E-state index contributed by atoms with van der Waals surface area (Å²) in [5.41, 5.74) is 6.85. The quantitative estimate of drug-likeness (QED) is 0.837. The highest BCUT2D eigenvalue weighted by Crippen LogP contribution is 2.37. The van der Waals surface area contributed by atoms with Gasteiger partial charge in [-0.15, -0.1) is 0 Å². The fraction of sp³-hybridized carbons (Fsp3) is 0.667. The lowest BCUT2D eigenvalue weighted by Gasteiger charge is -2.26. The second-order valence-corrected chi connectivity index (χ2v) is 4.88. The van der Waals surface area contributed by atoms with Crippen molar-refractivity contribution < 1.29 is 4.79 Å². The number of nitrogens with two attached hydrogens (primary N) is 1. The van der Waals surface area contributed by atoms with Crippen LogP contribution in [0.15, 0.2) is 6.20 Å². The summed E-state index contributed by atoms with van der Waals surface area (Å²) < 4.78 is 0. The van der Waals surface area contributed by atoms with E-state index in [-0.39, 0.29) is 5.91 Å². The van der Waals surface area contributed by atoms with Gasteiger partial charge in [0.25, 0.3) is 5.91 Å². The molecule has 0 aliphatic carbocycles.